The van der Waals surface area contributed by atoms with Crippen LogP contribution in [-0.2, 0) is 0 Å². The largest absolute Gasteiger partial charge is 0.396 e. The van der Waals surface area contributed by atoms with E-state index in [0.29, 0.717) is 12.5 Å². The Balaban J connectivity index is 3.76. The van der Waals surface area contributed by atoms with Gasteiger partial charge in [0.1, 0.15) is 0 Å². The summed E-state index contributed by atoms with van der Waals surface area (Å²) in [7, 11) is 0. The Labute approximate surface area is 70.8 Å². The van der Waals surface area contributed by atoms with Crippen molar-refractivity contribution >= 4 is 0 Å². The van der Waals surface area contributed by atoms with E-state index in [4.69, 9.17) is 5.11 Å². The topological polar surface area (TPSA) is 20.2 Å². The lowest BCUT2D eigenvalue weighted by Crippen LogP contribution is -2.23. The number of aliphatic hydroxyl groups is 1. The van der Waals surface area contributed by atoms with Gasteiger partial charge in [-0.2, -0.15) is 0 Å². The van der Waals surface area contributed by atoms with Gasteiger partial charge in [-0.15, -0.1) is 0 Å². The number of rotatable bonds is 4. The summed E-state index contributed by atoms with van der Waals surface area (Å²) in [5.74, 6) is 0.474. The van der Waals surface area contributed by atoms with Gasteiger partial charge in [0.25, 0.3) is 0 Å². The quantitative estimate of drug-likeness (QED) is 0.667. The summed E-state index contributed by atoms with van der Waals surface area (Å²) in [5, 5.41) is 9.09. The van der Waals surface area contributed by atoms with Crippen LogP contribution in [0.2, 0.25) is 0 Å². The van der Waals surface area contributed by atoms with Gasteiger partial charge in [-0.3, -0.25) is 0 Å². The highest BCUT2D eigenvalue weighted by Gasteiger charge is 2.22. The van der Waals surface area contributed by atoms with Crippen molar-refractivity contribution in [2.24, 2.45) is 11.3 Å². The summed E-state index contributed by atoms with van der Waals surface area (Å²) >= 11 is 0. The maximum atomic E-state index is 9.09. The van der Waals surface area contributed by atoms with Gasteiger partial charge in [0.15, 0.2) is 0 Å². The van der Waals surface area contributed by atoms with Crippen LogP contribution in [0.3, 0.4) is 0 Å². The molecule has 1 heteroatoms. The summed E-state index contributed by atoms with van der Waals surface area (Å²) in [6.45, 7) is 9.12. The Morgan fingerprint density at radius 1 is 1.27 bits per heavy atom. The minimum atomic E-state index is 0.268. The Morgan fingerprint density at radius 2 is 1.82 bits per heavy atom. The zero-order valence-electron chi connectivity index (χ0n) is 8.35. The summed E-state index contributed by atoms with van der Waals surface area (Å²) in [5.41, 5.74) is 0.268. The minimum Gasteiger partial charge on any atom is -0.396 e. The highest BCUT2D eigenvalue weighted by molar-refractivity contribution is 4.72. The first-order valence-corrected chi connectivity index (χ1v) is 4.63. The lowest BCUT2D eigenvalue weighted by molar-refractivity contribution is 0.121. The van der Waals surface area contributed by atoms with Crippen molar-refractivity contribution in [2.45, 2.75) is 47.0 Å². The van der Waals surface area contributed by atoms with Crippen LogP contribution in [0.5, 0.6) is 0 Å². The molecule has 0 aromatic carbocycles. The summed E-state index contributed by atoms with van der Waals surface area (Å²) < 4.78 is 0. The van der Waals surface area contributed by atoms with E-state index in [1.165, 1.54) is 12.8 Å². The maximum Gasteiger partial charge on any atom is 0.0464 e. The molecule has 68 valence electrons. The molecular formula is C10H22O. The van der Waals surface area contributed by atoms with Gasteiger partial charge in [0.05, 0.1) is 0 Å². The second kappa shape index (κ2) is 4.76. The lowest BCUT2D eigenvalue weighted by atomic mass is 9.78. The molecule has 0 saturated heterocycles. The van der Waals surface area contributed by atoms with Crippen LogP contribution >= 0.6 is 0 Å². The van der Waals surface area contributed by atoms with Gasteiger partial charge in [-0.25, -0.2) is 0 Å². The van der Waals surface area contributed by atoms with Crippen LogP contribution in [0.1, 0.15) is 47.0 Å². The molecule has 0 aliphatic rings. The molecule has 0 saturated carbocycles. The monoisotopic (exact) mass is 158 g/mol. The van der Waals surface area contributed by atoms with Crippen molar-refractivity contribution < 1.29 is 5.11 Å². The van der Waals surface area contributed by atoms with E-state index in [1.807, 2.05) is 0 Å². The highest BCUT2D eigenvalue weighted by atomic mass is 16.3. The highest BCUT2D eigenvalue weighted by Crippen LogP contribution is 2.29. The van der Waals surface area contributed by atoms with E-state index in [0.717, 1.165) is 6.42 Å². The van der Waals surface area contributed by atoms with E-state index in [-0.39, 0.29) is 5.41 Å². The molecule has 0 bridgehead atoms. The predicted molar refractivity (Wildman–Crippen MR) is 49.6 cm³/mol. The number of hydrogen-bond acceptors (Lipinski definition) is 1. The lowest BCUT2D eigenvalue weighted by Gasteiger charge is -2.28. The third-order valence-corrected chi connectivity index (χ3v) is 2.35. The van der Waals surface area contributed by atoms with E-state index < -0.39 is 0 Å². The zero-order valence-corrected chi connectivity index (χ0v) is 8.35. The van der Waals surface area contributed by atoms with Crippen LogP contribution in [0, 0.1) is 11.3 Å². The number of hydrogen-bond donors (Lipinski definition) is 1. The van der Waals surface area contributed by atoms with E-state index in [1.54, 1.807) is 0 Å². The zero-order chi connectivity index (χ0) is 8.91. The van der Waals surface area contributed by atoms with Crippen LogP contribution in [0.25, 0.3) is 0 Å². The smallest absolute Gasteiger partial charge is 0.0464 e. The molecule has 0 fully saturated rings. The molecular weight excluding hydrogens is 136 g/mol. The Hall–Kier alpha value is -0.0400. The van der Waals surface area contributed by atoms with Crippen LogP contribution in [0.4, 0.5) is 0 Å². The van der Waals surface area contributed by atoms with E-state index in [2.05, 4.69) is 27.7 Å². The molecule has 1 nitrogen and oxygen atoms in total. The van der Waals surface area contributed by atoms with Gasteiger partial charge in [-0.05, 0) is 17.8 Å². The van der Waals surface area contributed by atoms with Crippen molar-refractivity contribution in [3.8, 4) is 0 Å². The Bertz CT molecular complexity index is 91.5. The Morgan fingerprint density at radius 3 is 2.09 bits per heavy atom. The fourth-order valence-corrected chi connectivity index (χ4v) is 1.25. The van der Waals surface area contributed by atoms with Crippen molar-refractivity contribution in [1.29, 1.82) is 0 Å². The molecule has 0 aromatic heterocycles. The van der Waals surface area contributed by atoms with Gasteiger partial charge in [0, 0.05) is 6.61 Å². The minimum absolute atomic E-state index is 0.268. The third-order valence-electron chi connectivity index (χ3n) is 2.35. The maximum absolute atomic E-state index is 9.09. The van der Waals surface area contributed by atoms with Crippen molar-refractivity contribution in [2.75, 3.05) is 6.61 Å². The fraction of sp³-hybridized carbons (Fsp3) is 1.00. The summed E-state index contributed by atoms with van der Waals surface area (Å²) in [6.07, 6.45) is 3.63. The molecule has 0 unspecified atom stereocenters. The molecule has 1 N–H and O–H groups in total. The molecule has 0 rings (SSSR count). The SMILES string of the molecule is CCCC[C@H](CO)C(C)(C)C. The molecule has 0 amide bonds. The number of aliphatic hydroxyl groups excluding tert-OH is 1. The van der Waals surface area contributed by atoms with Gasteiger partial charge in [0.2, 0.25) is 0 Å². The number of unbranched alkanes of at least 4 members (excludes halogenated alkanes) is 1. The van der Waals surface area contributed by atoms with Crippen molar-refractivity contribution in [3.63, 3.8) is 0 Å². The second-order valence-electron chi connectivity index (χ2n) is 4.39. The van der Waals surface area contributed by atoms with Crippen molar-refractivity contribution in [3.05, 3.63) is 0 Å². The predicted octanol–water partition coefficient (Wildman–Crippen LogP) is 2.83. The molecule has 1 atom stereocenters. The normalized spacial score (nSPS) is 15.0. The second-order valence-corrected chi connectivity index (χ2v) is 4.39. The van der Waals surface area contributed by atoms with Crippen LogP contribution in [-0.4, -0.2) is 11.7 Å². The average molecular weight is 158 g/mol. The van der Waals surface area contributed by atoms with Gasteiger partial charge < -0.3 is 5.11 Å². The summed E-state index contributed by atoms with van der Waals surface area (Å²) in [4.78, 5) is 0. The first-order valence-electron chi connectivity index (χ1n) is 4.63. The van der Waals surface area contributed by atoms with E-state index >= 15 is 0 Å². The van der Waals surface area contributed by atoms with Crippen LogP contribution < -0.4 is 0 Å². The molecule has 0 radical (unpaired) electrons. The van der Waals surface area contributed by atoms with Gasteiger partial charge >= 0.3 is 0 Å². The molecule has 0 aromatic rings. The summed E-state index contributed by atoms with van der Waals surface area (Å²) in [6, 6.07) is 0. The molecule has 0 aliphatic heterocycles. The third kappa shape index (κ3) is 4.41. The van der Waals surface area contributed by atoms with Crippen molar-refractivity contribution in [1.82, 2.24) is 0 Å². The fourth-order valence-electron chi connectivity index (χ4n) is 1.25. The average Bonchev–Trinajstić information content (AvgIpc) is 1.87. The molecule has 0 heterocycles. The molecule has 0 spiro atoms. The van der Waals surface area contributed by atoms with Crippen LogP contribution in [0.15, 0.2) is 0 Å². The standard InChI is InChI=1S/C10H22O/c1-5-6-7-9(8-11)10(2,3)4/h9,11H,5-8H2,1-4H3/t9-/m1/s1. The Kier molecular flexibility index (Phi) is 4.74. The molecule has 11 heavy (non-hydrogen) atoms. The van der Waals surface area contributed by atoms with Gasteiger partial charge in [-0.1, -0.05) is 40.5 Å². The molecule has 0 aliphatic carbocycles. The first-order chi connectivity index (χ1) is 5.02. The van der Waals surface area contributed by atoms with E-state index in [9.17, 15) is 0 Å². The first kappa shape index (κ1) is 11.0.